The Bertz CT molecular complexity index is 788. The number of carbonyl (C=O) groups excluding carboxylic acids is 1. The molecule has 0 aliphatic heterocycles. The second kappa shape index (κ2) is 7.31. The molecular weight excluding hydrogens is 382 g/mol. The van der Waals surface area contributed by atoms with E-state index in [1.165, 1.54) is 0 Å². The van der Waals surface area contributed by atoms with Gasteiger partial charge in [-0.25, -0.2) is 0 Å². The van der Waals surface area contributed by atoms with Gasteiger partial charge in [-0.15, -0.1) is 0 Å². The van der Waals surface area contributed by atoms with Crippen molar-refractivity contribution in [1.29, 1.82) is 0 Å². The van der Waals surface area contributed by atoms with Gasteiger partial charge in [0.05, 0.1) is 5.92 Å². The van der Waals surface area contributed by atoms with Crippen LogP contribution in [0.4, 0.5) is 0 Å². The van der Waals surface area contributed by atoms with E-state index in [4.69, 9.17) is 4.43 Å². The first-order valence-corrected chi connectivity index (χ1v) is 14.1. The van der Waals surface area contributed by atoms with Crippen LogP contribution < -0.4 is 0 Å². The maximum Gasteiger partial charge on any atom is 0.211 e. The maximum atomic E-state index is 14.0. The van der Waals surface area contributed by atoms with E-state index < -0.39 is 19.8 Å². The van der Waals surface area contributed by atoms with Crippen LogP contribution >= 0.6 is 0 Å². The number of nitro groups is 1. The van der Waals surface area contributed by atoms with Crippen molar-refractivity contribution >= 4 is 14.1 Å². The first-order valence-electron chi connectivity index (χ1n) is 10.7. The third-order valence-electron chi connectivity index (χ3n) is 7.86. The Morgan fingerprint density at radius 1 is 1.24 bits per heavy atom. The van der Waals surface area contributed by atoms with E-state index in [-0.39, 0.29) is 34.5 Å². The summed E-state index contributed by atoms with van der Waals surface area (Å²) in [4.78, 5) is 25.0. The molecule has 0 heterocycles. The van der Waals surface area contributed by atoms with Crippen LogP contribution in [0.3, 0.4) is 0 Å². The molecule has 2 fully saturated rings. The molecule has 160 valence electrons. The molecule has 1 aromatic carbocycles. The molecule has 4 atom stereocenters. The van der Waals surface area contributed by atoms with E-state index in [1.807, 2.05) is 30.3 Å². The lowest BCUT2D eigenvalue weighted by atomic mass is 9.62. The fourth-order valence-electron chi connectivity index (χ4n) is 5.99. The molecule has 5 nitrogen and oxygen atoms in total. The maximum absolute atomic E-state index is 14.0. The van der Waals surface area contributed by atoms with Gasteiger partial charge in [0.15, 0.2) is 14.1 Å². The summed E-state index contributed by atoms with van der Waals surface area (Å²) in [5.41, 5.74) is -0.188. The van der Waals surface area contributed by atoms with Crippen molar-refractivity contribution in [3.63, 3.8) is 0 Å². The monoisotopic (exact) mass is 417 g/mol. The lowest BCUT2D eigenvalue weighted by Crippen LogP contribution is -2.59. The molecule has 0 unspecified atom stereocenters. The van der Waals surface area contributed by atoms with Crippen LogP contribution in [0, 0.1) is 26.9 Å². The Morgan fingerprint density at radius 3 is 2.31 bits per heavy atom. The van der Waals surface area contributed by atoms with Gasteiger partial charge in [-0.2, -0.15) is 0 Å². The molecule has 29 heavy (non-hydrogen) atoms. The normalized spacial score (nSPS) is 31.6. The van der Waals surface area contributed by atoms with Crippen LogP contribution in [0.1, 0.15) is 57.9 Å². The molecule has 6 heteroatoms. The average Bonchev–Trinajstić information content (AvgIpc) is 2.92. The Labute approximate surface area is 175 Å². The number of carbonyl (C=O) groups is 1. The topological polar surface area (TPSA) is 69.4 Å². The lowest BCUT2D eigenvalue weighted by molar-refractivity contribution is -0.483. The summed E-state index contributed by atoms with van der Waals surface area (Å²) >= 11 is 0. The fourth-order valence-corrected chi connectivity index (χ4v) is 7.45. The van der Waals surface area contributed by atoms with Gasteiger partial charge in [0.2, 0.25) is 6.54 Å². The van der Waals surface area contributed by atoms with Crippen LogP contribution in [0.25, 0.3) is 0 Å². The van der Waals surface area contributed by atoms with Gasteiger partial charge < -0.3 is 4.43 Å². The summed E-state index contributed by atoms with van der Waals surface area (Å²) in [5, 5.41) is 11.4. The highest BCUT2D eigenvalue weighted by atomic mass is 28.4. The molecule has 0 amide bonds. The zero-order valence-electron chi connectivity index (χ0n) is 18.7. The molecule has 3 rings (SSSR count). The Balaban J connectivity index is 1.99. The number of hydrogen-bond donors (Lipinski definition) is 0. The molecule has 0 N–H and O–H groups in total. The molecule has 0 spiro atoms. The van der Waals surface area contributed by atoms with Crippen molar-refractivity contribution in [2.45, 2.75) is 77.6 Å². The van der Waals surface area contributed by atoms with E-state index >= 15 is 0 Å². The van der Waals surface area contributed by atoms with Crippen LogP contribution in [0.15, 0.2) is 30.3 Å². The van der Waals surface area contributed by atoms with Crippen molar-refractivity contribution in [2.24, 2.45) is 16.7 Å². The molecule has 2 aliphatic carbocycles. The summed E-state index contributed by atoms with van der Waals surface area (Å²) < 4.78 is 6.78. The minimum absolute atomic E-state index is 0.0215. The number of ketones is 1. The smallest absolute Gasteiger partial charge is 0.211 e. The molecule has 2 bridgehead atoms. The summed E-state index contributed by atoms with van der Waals surface area (Å²) in [5.74, 6) is 0.0959. The predicted octanol–water partition coefficient (Wildman–Crippen LogP) is 5.44. The molecule has 1 aromatic rings. The molecule has 0 saturated heterocycles. The van der Waals surface area contributed by atoms with Crippen LogP contribution in [-0.4, -0.2) is 31.2 Å². The van der Waals surface area contributed by atoms with Gasteiger partial charge in [0.25, 0.3) is 0 Å². The van der Waals surface area contributed by atoms with Gasteiger partial charge in [0.1, 0.15) is 5.60 Å². The van der Waals surface area contributed by atoms with E-state index in [1.54, 1.807) is 0 Å². The molecular formula is C23H35NO4Si. The van der Waals surface area contributed by atoms with Crippen molar-refractivity contribution in [2.75, 3.05) is 6.54 Å². The van der Waals surface area contributed by atoms with E-state index in [0.717, 1.165) is 24.8 Å². The minimum atomic E-state index is -2.02. The number of nitrogens with zero attached hydrogens (tertiary/aromatic N) is 1. The first kappa shape index (κ1) is 22.2. The number of fused-ring (bicyclic) bond motifs is 2. The van der Waals surface area contributed by atoms with Gasteiger partial charge in [-0.3, -0.25) is 14.9 Å². The van der Waals surface area contributed by atoms with Crippen molar-refractivity contribution in [3.05, 3.63) is 46.0 Å². The molecule has 2 aliphatic rings. The third-order valence-corrected chi connectivity index (χ3v) is 8.82. The predicted molar refractivity (Wildman–Crippen MR) is 117 cm³/mol. The molecule has 0 aromatic heterocycles. The summed E-state index contributed by atoms with van der Waals surface area (Å²) in [7, 11) is -2.02. The van der Waals surface area contributed by atoms with Gasteiger partial charge >= 0.3 is 0 Å². The highest BCUT2D eigenvalue weighted by Gasteiger charge is 2.72. The molecule has 0 radical (unpaired) electrons. The van der Waals surface area contributed by atoms with Crippen LogP contribution in [0.5, 0.6) is 0 Å². The van der Waals surface area contributed by atoms with Crippen molar-refractivity contribution < 1.29 is 14.1 Å². The Morgan fingerprint density at radius 2 is 1.86 bits per heavy atom. The highest BCUT2D eigenvalue weighted by Crippen LogP contribution is 2.71. The third kappa shape index (κ3) is 3.70. The summed E-state index contributed by atoms with van der Waals surface area (Å²) in [6.45, 7) is 12.9. The van der Waals surface area contributed by atoms with Gasteiger partial charge in [-0.05, 0) is 55.8 Å². The van der Waals surface area contributed by atoms with Gasteiger partial charge in [-0.1, -0.05) is 51.1 Å². The largest absolute Gasteiger partial charge is 0.405 e. The SMILES string of the molecule is CC1(C)[C@@H]2CC[C@@]1(C)[C@@](O[Si](C)(C)C)(C(=O)C[C@H](C[N+](=O)[O-])c1ccccc1)C2. The summed E-state index contributed by atoms with van der Waals surface area (Å²) in [6.07, 6.45) is 3.02. The average molecular weight is 418 g/mol. The zero-order chi connectivity index (χ0) is 21.7. The Kier molecular flexibility index (Phi) is 5.58. The van der Waals surface area contributed by atoms with E-state index in [0.29, 0.717) is 5.92 Å². The Hall–Kier alpha value is -1.53. The van der Waals surface area contributed by atoms with E-state index in [2.05, 4.69) is 40.4 Å². The van der Waals surface area contributed by atoms with Gasteiger partial charge in [0, 0.05) is 16.8 Å². The second-order valence-corrected chi connectivity index (χ2v) is 15.2. The second-order valence-electron chi connectivity index (χ2n) is 10.8. The minimum Gasteiger partial charge on any atom is -0.405 e. The molecule has 2 saturated carbocycles. The van der Waals surface area contributed by atoms with Crippen LogP contribution in [0.2, 0.25) is 19.6 Å². The van der Waals surface area contributed by atoms with Crippen LogP contribution in [-0.2, 0) is 9.22 Å². The number of rotatable bonds is 8. The lowest BCUT2D eigenvalue weighted by Gasteiger charge is -2.50. The summed E-state index contributed by atoms with van der Waals surface area (Å²) in [6, 6.07) is 9.43. The standard InChI is InChI=1S/C23H35NO4Si/c1-21(2)19-12-13-22(21,3)23(15-19,28-29(4,5)6)20(25)14-18(16-24(26)27)17-10-8-7-9-11-17/h7-11,18-19H,12-16H2,1-6H3/t18-,19-,22-,23+/m1/s1. The number of Topliss-reactive ketones (excluding diaryl/α,β-unsaturated/α-hetero) is 1. The quantitative estimate of drug-likeness (QED) is 0.321. The number of hydrogen-bond acceptors (Lipinski definition) is 4. The fraction of sp³-hybridized carbons (Fsp3) is 0.696. The zero-order valence-corrected chi connectivity index (χ0v) is 19.7. The van der Waals surface area contributed by atoms with E-state index in [9.17, 15) is 14.9 Å². The van der Waals surface area contributed by atoms with Crippen molar-refractivity contribution in [1.82, 2.24) is 0 Å². The van der Waals surface area contributed by atoms with Crippen molar-refractivity contribution in [3.8, 4) is 0 Å². The first-order chi connectivity index (χ1) is 13.3. The number of benzene rings is 1. The highest BCUT2D eigenvalue weighted by molar-refractivity contribution is 6.70.